The predicted octanol–water partition coefficient (Wildman–Crippen LogP) is 11.1. The van der Waals surface area contributed by atoms with E-state index in [1.165, 1.54) is 21.5 Å². The van der Waals surface area contributed by atoms with Gasteiger partial charge in [-0.15, -0.1) is 0 Å². The topological polar surface area (TPSA) is 43.9 Å². The average molecular weight is 588 g/mol. The van der Waals surface area contributed by atoms with E-state index in [9.17, 15) is 0 Å². The van der Waals surface area contributed by atoms with Crippen LogP contribution in [-0.4, -0.2) is 14.5 Å². The number of hydrogen-bond donors (Lipinski definition) is 0. The maximum Gasteiger partial charge on any atom is 0.235 e. The van der Waals surface area contributed by atoms with Gasteiger partial charge in [-0.1, -0.05) is 109 Å². The molecule has 10 aromatic rings. The van der Waals surface area contributed by atoms with Crippen molar-refractivity contribution in [1.29, 1.82) is 0 Å². The van der Waals surface area contributed by atoms with E-state index < -0.39 is 0 Å². The summed E-state index contributed by atoms with van der Waals surface area (Å²) in [6, 6.07) is 53.1. The van der Waals surface area contributed by atoms with E-state index in [0.29, 0.717) is 5.95 Å². The minimum Gasteiger partial charge on any atom is -0.456 e. The van der Waals surface area contributed by atoms with E-state index in [0.717, 1.165) is 66.3 Å². The van der Waals surface area contributed by atoms with Crippen LogP contribution in [0.15, 0.2) is 156 Å². The molecule has 4 nitrogen and oxygen atoms in total. The number of fused-ring (bicyclic) bond motifs is 8. The van der Waals surface area contributed by atoms with Crippen molar-refractivity contribution < 1.29 is 4.42 Å². The lowest BCUT2D eigenvalue weighted by Gasteiger charge is -2.13. The lowest BCUT2D eigenvalue weighted by atomic mass is 9.97. The monoisotopic (exact) mass is 587 g/mol. The maximum atomic E-state index is 6.23. The summed E-state index contributed by atoms with van der Waals surface area (Å²) in [4.78, 5) is 10.6. The Morgan fingerprint density at radius 1 is 0.457 bits per heavy atom. The van der Waals surface area contributed by atoms with Crippen LogP contribution in [0.4, 0.5) is 0 Å². The van der Waals surface area contributed by atoms with Crippen LogP contribution < -0.4 is 0 Å². The number of para-hydroxylation sites is 2. The van der Waals surface area contributed by atoms with Crippen molar-refractivity contribution in [3.63, 3.8) is 0 Å². The Kier molecular flexibility index (Phi) is 5.25. The second-order valence-corrected chi connectivity index (χ2v) is 11.8. The first kappa shape index (κ1) is 25.1. The molecule has 0 saturated carbocycles. The highest BCUT2D eigenvalue weighted by Crippen LogP contribution is 2.39. The van der Waals surface area contributed by atoms with Crippen LogP contribution in [0, 0.1) is 0 Å². The molecule has 46 heavy (non-hydrogen) atoms. The second kappa shape index (κ2) is 9.62. The Bertz CT molecular complexity index is 2810. The van der Waals surface area contributed by atoms with Gasteiger partial charge in [-0.25, -0.2) is 9.97 Å². The molecule has 0 spiro atoms. The van der Waals surface area contributed by atoms with Gasteiger partial charge in [0.2, 0.25) is 5.95 Å². The Hall–Kier alpha value is -6.26. The quantitative estimate of drug-likeness (QED) is 0.207. The standard InChI is InChI=1S/C42H25N3O/c1-2-11-26(12-3-1)41-32-22-21-29(30-17-10-20-39-40(30)33-16-7-9-19-38(33)46-39)24-35(32)43-42(44-41)45-36-18-8-6-15-31(36)34-23-27-13-4-5-14-28(27)25-37(34)45/h1-25H. The van der Waals surface area contributed by atoms with Gasteiger partial charge < -0.3 is 4.42 Å². The van der Waals surface area contributed by atoms with E-state index in [4.69, 9.17) is 14.4 Å². The van der Waals surface area contributed by atoms with E-state index >= 15 is 0 Å². The molecule has 0 radical (unpaired) electrons. The molecule has 4 heteroatoms. The molecule has 0 saturated heterocycles. The van der Waals surface area contributed by atoms with Gasteiger partial charge in [-0.3, -0.25) is 4.57 Å². The molecule has 0 atom stereocenters. The third-order valence-electron chi connectivity index (χ3n) is 9.19. The molecular weight excluding hydrogens is 562 g/mol. The number of aromatic nitrogens is 3. The summed E-state index contributed by atoms with van der Waals surface area (Å²) in [7, 11) is 0. The summed E-state index contributed by atoms with van der Waals surface area (Å²) in [5.41, 5.74) is 8.99. The summed E-state index contributed by atoms with van der Waals surface area (Å²) in [5, 5.41) is 8.00. The van der Waals surface area contributed by atoms with E-state index in [1.54, 1.807) is 0 Å². The molecule has 10 rings (SSSR count). The van der Waals surface area contributed by atoms with Crippen molar-refractivity contribution in [2.75, 3.05) is 0 Å². The first-order chi connectivity index (χ1) is 22.8. The van der Waals surface area contributed by atoms with Gasteiger partial charge in [0.1, 0.15) is 11.2 Å². The van der Waals surface area contributed by atoms with Crippen molar-refractivity contribution in [1.82, 2.24) is 14.5 Å². The number of benzene rings is 7. The number of rotatable bonds is 3. The zero-order valence-corrected chi connectivity index (χ0v) is 24.7. The average Bonchev–Trinajstić information content (AvgIpc) is 3.66. The highest BCUT2D eigenvalue weighted by Gasteiger charge is 2.19. The molecule has 0 unspecified atom stereocenters. The normalized spacial score (nSPS) is 11.9. The van der Waals surface area contributed by atoms with Crippen molar-refractivity contribution >= 4 is 65.4 Å². The summed E-state index contributed by atoms with van der Waals surface area (Å²) in [6.45, 7) is 0. The van der Waals surface area contributed by atoms with Crippen LogP contribution in [0.1, 0.15) is 0 Å². The molecule has 214 valence electrons. The van der Waals surface area contributed by atoms with Gasteiger partial charge in [-0.05, 0) is 64.4 Å². The number of hydrogen-bond acceptors (Lipinski definition) is 3. The molecule has 0 fully saturated rings. The molecule has 0 aliphatic heterocycles. The van der Waals surface area contributed by atoms with E-state index in [-0.39, 0.29) is 0 Å². The Morgan fingerprint density at radius 3 is 2.09 bits per heavy atom. The minimum absolute atomic E-state index is 0.650. The van der Waals surface area contributed by atoms with Crippen molar-refractivity contribution in [3.05, 3.63) is 152 Å². The molecular formula is C42H25N3O. The molecule has 7 aromatic carbocycles. The summed E-state index contributed by atoms with van der Waals surface area (Å²) in [5.74, 6) is 0.650. The molecule has 0 N–H and O–H groups in total. The first-order valence-electron chi connectivity index (χ1n) is 15.5. The molecule has 3 aromatic heterocycles. The van der Waals surface area contributed by atoms with Gasteiger partial charge in [0, 0.05) is 32.5 Å². The molecule has 0 bridgehead atoms. The highest BCUT2D eigenvalue weighted by atomic mass is 16.3. The van der Waals surface area contributed by atoms with Gasteiger partial charge >= 0.3 is 0 Å². The number of furan rings is 1. The smallest absolute Gasteiger partial charge is 0.235 e. The van der Waals surface area contributed by atoms with Gasteiger partial charge in [0.05, 0.1) is 22.2 Å². The van der Waals surface area contributed by atoms with Crippen LogP contribution in [-0.2, 0) is 0 Å². The summed E-state index contributed by atoms with van der Waals surface area (Å²) in [6.07, 6.45) is 0. The van der Waals surface area contributed by atoms with E-state index in [2.05, 4.69) is 132 Å². The third-order valence-corrected chi connectivity index (χ3v) is 9.19. The SMILES string of the molecule is c1ccc(-c2nc(-n3c4ccccc4c4cc5ccccc5cc43)nc3cc(-c4cccc5oc6ccccc6c45)ccc23)cc1. The van der Waals surface area contributed by atoms with Gasteiger partial charge in [0.25, 0.3) is 0 Å². The Morgan fingerprint density at radius 2 is 1.20 bits per heavy atom. The minimum atomic E-state index is 0.650. The van der Waals surface area contributed by atoms with Crippen LogP contribution >= 0.6 is 0 Å². The zero-order valence-electron chi connectivity index (χ0n) is 24.7. The second-order valence-electron chi connectivity index (χ2n) is 11.8. The zero-order chi connectivity index (χ0) is 30.2. The first-order valence-corrected chi connectivity index (χ1v) is 15.5. The Balaban J connectivity index is 1.29. The fraction of sp³-hybridized carbons (Fsp3) is 0. The lowest BCUT2D eigenvalue weighted by Crippen LogP contribution is -2.03. The number of nitrogens with zero attached hydrogens (tertiary/aromatic N) is 3. The summed E-state index contributed by atoms with van der Waals surface area (Å²) >= 11 is 0. The predicted molar refractivity (Wildman–Crippen MR) is 190 cm³/mol. The Labute approximate surface area is 263 Å². The van der Waals surface area contributed by atoms with Crippen LogP contribution in [0.2, 0.25) is 0 Å². The molecule has 0 aliphatic carbocycles. The van der Waals surface area contributed by atoms with Crippen molar-refractivity contribution in [3.8, 4) is 28.3 Å². The van der Waals surface area contributed by atoms with Gasteiger partial charge in [-0.2, -0.15) is 0 Å². The molecule has 0 amide bonds. The molecule has 3 heterocycles. The fourth-order valence-electron chi connectivity index (χ4n) is 7.09. The van der Waals surface area contributed by atoms with Crippen molar-refractivity contribution in [2.45, 2.75) is 0 Å². The third kappa shape index (κ3) is 3.67. The summed E-state index contributed by atoms with van der Waals surface area (Å²) < 4.78 is 8.45. The van der Waals surface area contributed by atoms with Crippen molar-refractivity contribution in [2.24, 2.45) is 0 Å². The van der Waals surface area contributed by atoms with Crippen LogP contribution in [0.5, 0.6) is 0 Å². The maximum absolute atomic E-state index is 6.23. The van der Waals surface area contributed by atoms with Crippen LogP contribution in [0.3, 0.4) is 0 Å². The van der Waals surface area contributed by atoms with Gasteiger partial charge in [0.15, 0.2) is 0 Å². The highest BCUT2D eigenvalue weighted by molar-refractivity contribution is 6.14. The fourth-order valence-corrected chi connectivity index (χ4v) is 7.09. The van der Waals surface area contributed by atoms with Crippen LogP contribution in [0.25, 0.3) is 93.8 Å². The molecule has 0 aliphatic rings. The lowest BCUT2D eigenvalue weighted by molar-refractivity contribution is 0.669. The van der Waals surface area contributed by atoms with E-state index in [1.807, 2.05) is 24.3 Å². The largest absolute Gasteiger partial charge is 0.456 e.